The van der Waals surface area contributed by atoms with Crippen molar-refractivity contribution in [2.75, 3.05) is 12.1 Å². The van der Waals surface area contributed by atoms with Crippen molar-refractivity contribution in [1.82, 2.24) is 9.78 Å². The number of hydrogen-bond acceptors (Lipinski definition) is 7. The highest BCUT2D eigenvalue weighted by atomic mass is 16.7. The van der Waals surface area contributed by atoms with Gasteiger partial charge in [-0.2, -0.15) is 14.8 Å². The van der Waals surface area contributed by atoms with Crippen molar-refractivity contribution in [3.63, 3.8) is 0 Å². The molecule has 1 N–H and O–H groups in total. The summed E-state index contributed by atoms with van der Waals surface area (Å²) >= 11 is 0. The van der Waals surface area contributed by atoms with Crippen LogP contribution in [0.5, 0.6) is 11.5 Å². The number of furan rings is 1. The molecule has 2 aromatic heterocycles. The summed E-state index contributed by atoms with van der Waals surface area (Å²) < 4.78 is 17.3. The molecular formula is C21H15N5O5. The monoisotopic (exact) mass is 417 g/mol. The zero-order valence-corrected chi connectivity index (χ0v) is 16.3. The van der Waals surface area contributed by atoms with E-state index in [1.54, 1.807) is 43.3 Å². The summed E-state index contributed by atoms with van der Waals surface area (Å²) in [4.78, 5) is 33.3. The molecule has 3 aromatic rings. The lowest BCUT2D eigenvalue weighted by Gasteiger charge is -2.12. The Hall–Kier alpha value is -4.47. The van der Waals surface area contributed by atoms with E-state index in [1.165, 1.54) is 10.9 Å². The van der Waals surface area contributed by atoms with E-state index < -0.39 is 11.8 Å². The lowest BCUT2D eigenvalue weighted by atomic mass is 10.2. The van der Waals surface area contributed by atoms with Crippen molar-refractivity contribution in [3.8, 4) is 23.0 Å². The molecule has 10 nitrogen and oxygen atoms in total. The molecule has 5 rings (SSSR count). The van der Waals surface area contributed by atoms with Crippen molar-refractivity contribution in [1.29, 1.82) is 0 Å². The van der Waals surface area contributed by atoms with Crippen molar-refractivity contribution in [2.24, 2.45) is 9.98 Å². The average Bonchev–Trinajstić information content (AvgIpc) is 3.51. The summed E-state index contributed by atoms with van der Waals surface area (Å²) in [6.07, 6.45) is 1.51. The van der Waals surface area contributed by atoms with E-state index in [1.807, 2.05) is 0 Å². The van der Waals surface area contributed by atoms with Crippen LogP contribution in [-0.2, 0) is 4.79 Å². The minimum Gasteiger partial charge on any atom is -0.463 e. The van der Waals surface area contributed by atoms with E-state index in [0.717, 1.165) is 0 Å². The number of nitrogens with zero attached hydrogens (tertiary/aromatic N) is 4. The molecule has 2 amide bonds. The van der Waals surface area contributed by atoms with E-state index in [9.17, 15) is 9.59 Å². The smallest absolute Gasteiger partial charge is 0.281 e. The van der Waals surface area contributed by atoms with Gasteiger partial charge < -0.3 is 19.2 Å². The molecule has 1 aromatic carbocycles. The van der Waals surface area contributed by atoms with E-state index >= 15 is 0 Å². The van der Waals surface area contributed by atoms with Gasteiger partial charge in [0.05, 0.1) is 17.5 Å². The SMILES string of the molecule is C=C1C(=O)N=C(n2nc(-c3ccco3)cc2NC(=O)c2ccc3c(c2)OCO3)N=C1C. The Morgan fingerprint density at radius 1 is 1.16 bits per heavy atom. The quantitative estimate of drug-likeness (QED) is 0.654. The molecule has 0 saturated heterocycles. The number of nitrogens with one attached hydrogen (secondary N) is 1. The summed E-state index contributed by atoms with van der Waals surface area (Å²) in [6, 6.07) is 9.90. The maximum atomic E-state index is 12.9. The molecule has 0 radical (unpaired) electrons. The molecule has 0 bridgehead atoms. The van der Waals surface area contributed by atoms with E-state index in [4.69, 9.17) is 13.9 Å². The number of amides is 2. The summed E-state index contributed by atoms with van der Waals surface area (Å²) in [5, 5.41) is 7.20. The van der Waals surface area contributed by atoms with Gasteiger partial charge in [0.1, 0.15) is 11.5 Å². The van der Waals surface area contributed by atoms with Crippen LogP contribution >= 0.6 is 0 Å². The maximum Gasteiger partial charge on any atom is 0.281 e. The number of benzene rings is 1. The summed E-state index contributed by atoms with van der Waals surface area (Å²) in [5.41, 5.74) is 1.40. The van der Waals surface area contributed by atoms with Crippen LogP contribution in [0.2, 0.25) is 0 Å². The first-order valence-corrected chi connectivity index (χ1v) is 9.22. The molecule has 0 saturated carbocycles. The van der Waals surface area contributed by atoms with Crippen LogP contribution in [0, 0.1) is 0 Å². The molecule has 0 spiro atoms. The Bertz CT molecular complexity index is 1300. The van der Waals surface area contributed by atoms with Gasteiger partial charge in [-0.05, 0) is 37.3 Å². The molecule has 154 valence electrons. The van der Waals surface area contributed by atoms with Crippen LogP contribution in [0.15, 0.2) is 69.2 Å². The topological polar surface area (TPSA) is 120 Å². The molecule has 2 aliphatic rings. The number of anilines is 1. The lowest BCUT2D eigenvalue weighted by Crippen LogP contribution is -2.25. The van der Waals surface area contributed by atoms with Crippen LogP contribution in [0.25, 0.3) is 11.5 Å². The zero-order valence-electron chi connectivity index (χ0n) is 16.3. The van der Waals surface area contributed by atoms with Gasteiger partial charge in [0.25, 0.3) is 17.8 Å². The number of ether oxygens (including phenoxy) is 2. The number of carbonyl (C=O) groups is 2. The van der Waals surface area contributed by atoms with Crippen LogP contribution in [-0.4, -0.2) is 40.1 Å². The fourth-order valence-corrected chi connectivity index (χ4v) is 3.04. The van der Waals surface area contributed by atoms with Crippen molar-refractivity contribution in [2.45, 2.75) is 6.92 Å². The van der Waals surface area contributed by atoms with Crippen LogP contribution in [0.4, 0.5) is 5.82 Å². The van der Waals surface area contributed by atoms with Gasteiger partial charge in [-0.15, -0.1) is 0 Å². The van der Waals surface area contributed by atoms with E-state index in [2.05, 4.69) is 27.0 Å². The number of hydrogen-bond donors (Lipinski definition) is 1. The third-order valence-corrected chi connectivity index (χ3v) is 4.71. The second-order valence-corrected chi connectivity index (χ2v) is 6.72. The van der Waals surface area contributed by atoms with Gasteiger partial charge in [-0.25, -0.2) is 4.99 Å². The minimum absolute atomic E-state index is 0.00805. The van der Waals surface area contributed by atoms with Crippen LogP contribution < -0.4 is 14.8 Å². The predicted molar refractivity (Wildman–Crippen MR) is 111 cm³/mol. The van der Waals surface area contributed by atoms with Crippen molar-refractivity contribution in [3.05, 3.63) is 60.4 Å². The Kier molecular flexibility index (Phi) is 4.25. The molecule has 10 heteroatoms. The second kappa shape index (κ2) is 7.10. The average molecular weight is 417 g/mol. The number of rotatable bonds is 3. The molecule has 2 aliphatic heterocycles. The molecule has 0 unspecified atom stereocenters. The second-order valence-electron chi connectivity index (χ2n) is 6.72. The molecule has 31 heavy (non-hydrogen) atoms. The third kappa shape index (κ3) is 3.29. The molecule has 4 heterocycles. The van der Waals surface area contributed by atoms with E-state index in [-0.39, 0.29) is 24.1 Å². The largest absolute Gasteiger partial charge is 0.463 e. The molecule has 0 atom stereocenters. The van der Waals surface area contributed by atoms with Gasteiger partial charge in [0.15, 0.2) is 17.3 Å². The Labute approximate surface area is 175 Å². The van der Waals surface area contributed by atoms with Crippen LogP contribution in [0.1, 0.15) is 17.3 Å². The highest BCUT2D eigenvalue weighted by molar-refractivity contribution is 6.28. The Morgan fingerprint density at radius 2 is 2.00 bits per heavy atom. The predicted octanol–water partition coefficient (Wildman–Crippen LogP) is 2.89. The van der Waals surface area contributed by atoms with Crippen LogP contribution in [0.3, 0.4) is 0 Å². The van der Waals surface area contributed by atoms with Gasteiger partial charge in [-0.3, -0.25) is 9.59 Å². The fourth-order valence-electron chi connectivity index (χ4n) is 3.04. The fraction of sp³-hybridized carbons (Fsp3) is 0.0952. The molecule has 0 aliphatic carbocycles. The number of aromatic nitrogens is 2. The maximum absolute atomic E-state index is 12.9. The number of fused-ring (bicyclic) bond motifs is 1. The first-order chi connectivity index (χ1) is 15.0. The summed E-state index contributed by atoms with van der Waals surface area (Å²) in [7, 11) is 0. The summed E-state index contributed by atoms with van der Waals surface area (Å²) in [6.45, 7) is 5.42. The van der Waals surface area contributed by atoms with Gasteiger partial charge in [0, 0.05) is 11.6 Å². The normalized spacial score (nSPS) is 15.0. The highest BCUT2D eigenvalue weighted by Gasteiger charge is 2.24. The van der Waals surface area contributed by atoms with Gasteiger partial charge in [0.2, 0.25) is 6.79 Å². The van der Waals surface area contributed by atoms with Gasteiger partial charge in [-0.1, -0.05) is 6.58 Å². The highest BCUT2D eigenvalue weighted by Crippen LogP contribution is 2.33. The van der Waals surface area contributed by atoms with Gasteiger partial charge >= 0.3 is 0 Å². The molecular weight excluding hydrogens is 402 g/mol. The minimum atomic E-state index is -0.523. The number of aliphatic imine (C=N–C) groups is 2. The van der Waals surface area contributed by atoms with E-state index in [0.29, 0.717) is 34.2 Å². The first kappa shape index (κ1) is 18.6. The standard InChI is InChI=1S/C21H15N5O5/c1-11-12(2)22-21(24-19(11)27)26-18(9-14(25-26)15-4-3-7-29-15)23-20(28)13-5-6-16-17(8-13)31-10-30-16/h3-9H,1,10H2,2H3,(H,23,28). The Balaban J connectivity index is 1.53. The van der Waals surface area contributed by atoms with Crippen molar-refractivity contribution < 1.29 is 23.5 Å². The lowest BCUT2D eigenvalue weighted by molar-refractivity contribution is -0.113. The number of carbonyl (C=O) groups excluding carboxylic acids is 2. The van der Waals surface area contributed by atoms with Crippen molar-refractivity contribution >= 4 is 29.3 Å². The Morgan fingerprint density at radius 3 is 2.77 bits per heavy atom. The third-order valence-electron chi connectivity index (χ3n) is 4.71. The summed E-state index contributed by atoms with van der Waals surface area (Å²) in [5.74, 6) is 0.854. The zero-order chi connectivity index (χ0) is 21.5. The molecule has 0 fully saturated rings. The first-order valence-electron chi connectivity index (χ1n) is 9.22.